The highest BCUT2D eigenvalue weighted by Crippen LogP contribution is 2.33. The molecule has 1 heterocycles. The summed E-state index contributed by atoms with van der Waals surface area (Å²) in [6.45, 7) is 1.46. The van der Waals surface area contributed by atoms with E-state index < -0.39 is 16.1 Å². The Balaban J connectivity index is 1.64. The maximum absolute atomic E-state index is 12.4. The Labute approximate surface area is 158 Å². The molecule has 1 aliphatic rings. The first-order chi connectivity index (χ1) is 12.8. The molecule has 8 heteroatoms. The van der Waals surface area contributed by atoms with E-state index in [-0.39, 0.29) is 29.6 Å². The number of hydrogen-bond donors (Lipinski definition) is 1. The fourth-order valence-corrected chi connectivity index (χ4v) is 3.88. The minimum Gasteiger partial charge on any atom is -0.478 e. The highest BCUT2D eigenvalue weighted by atomic mass is 32.2. The van der Waals surface area contributed by atoms with Gasteiger partial charge < -0.3 is 9.64 Å². The maximum Gasteiger partial charge on any atom is 0.267 e. The molecular formula is C19H20N2O5S. The molecule has 0 spiro atoms. The van der Waals surface area contributed by atoms with Crippen LogP contribution in [-0.2, 0) is 14.8 Å². The fourth-order valence-electron chi connectivity index (χ4n) is 2.83. The average molecular weight is 388 g/mol. The van der Waals surface area contributed by atoms with Crippen LogP contribution in [0.1, 0.15) is 23.7 Å². The number of para-hydroxylation sites is 2. The minimum atomic E-state index is -3.74. The largest absolute Gasteiger partial charge is 0.478 e. The smallest absolute Gasteiger partial charge is 0.267 e. The van der Waals surface area contributed by atoms with Crippen molar-refractivity contribution in [2.45, 2.75) is 24.3 Å². The second-order valence-corrected chi connectivity index (χ2v) is 8.01. The first kappa shape index (κ1) is 19.1. The summed E-state index contributed by atoms with van der Waals surface area (Å²) in [5.41, 5.74) is 1.13. The zero-order valence-corrected chi connectivity index (χ0v) is 15.8. The van der Waals surface area contributed by atoms with E-state index in [1.54, 1.807) is 19.2 Å². The predicted octanol–water partition coefficient (Wildman–Crippen LogP) is 1.98. The van der Waals surface area contributed by atoms with Crippen molar-refractivity contribution in [2.24, 2.45) is 0 Å². The van der Waals surface area contributed by atoms with Gasteiger partial charge >= 0.3 is 0 Å². The number of carbonyl (C=O) groups is 2. The zero-order chi connectivity index (χ0) is 19.6. The molecule has 2 aromatic carbocycles. The van der Waals surface area contributed by atoms with Crippen LogP contribution in [0.4, 0.5) is 5.69 Å². The Morgan fingerprint density at radius 1 is 1.15 bits per heavy atom. The number of amides is 1. The van der Waals surface area contributed by atoms with E-state index in [4.69, 9.17) is 4.74 Å². The number of nitrogens with one attached hydrogen (secondary N) is 1. The second kappa shape index (κ2) is 7.50. The van der Waals surface area contributed by atoms with Crippen LogP contribution in [0.5, 0.6) is 5.75 Å². The van der Waals surface area contributed by atoms with Crippen LogP contribution < -0.4 is 14.4 Å². The van der Waals surface area contributed by atoms with Gasteiger partial charge in [-0.25, -0.2) is 13.1 Å². The number of carbonyl (C=O) groups excluding carboxylic acids is 2. The van der Waals surface area contributed by atoms with Crippen LogP contribution in [0.3, 0.4) is 0 Å². The molecule has 1 unspecified atom stereocenters. The number of benzene rings is 2. The van der Waals surface area contributed by atoms with Crippen LogP contribution in [0.15, 0.2) is 53.4 Å². The van der Waals surface area contributed by atoms with Gasteiger partial charge in [0.15, 0.2) is 11.9 Å². The molecule has 2 aromatic rings. The number of nitrogens with zero attached hydrogens (tertiary/aromatic N) is 1. The number of ether oxygens (including phenoxy) is 1. The normalized spacial score (nSPS) is 16.6. The Morgan fingerprint density at radius 2 is 1.81 bits per heavy atom. The van der Waals surface area contributed by atoms with Crippen molar-refractivity contribution in [1.82, 2.24) is 4.72 Å². The molecule has 142 valence electrons. The Hall–Kier alpha value is -2.71. The molecule has 1 N–H and O–H groups in total. The van der Waals surface area contributed by atoms with E-state index >= 15 is 0 Å². The molecule has 0 saturated carbocycles. The van der Waals surface area contributed by atoms with Gasteiger partial charge in [-0.05, 0) is 31.2 Å². The van der Waals surface area contributed by atoms with Gasteiger partial charge in [0.05, 0.1) is 10.6 Å². The molecule has 27 heavy (non-hydrogen) atoms. The standard InChI is InChI=1S/C19H20N2O5S/c1-13(22)14-7-9-15(10-8-14)27(24,25)20-12-11-18-19(23)21(2)16-5-3-4-6-17(16)26-18/h3-10,18,20H,11-12H2,1-2H3. The van der Waals surface area contributed by atoms with Crippen LogP contribution in [0.25, 0.3) is 0 Å². The summed E-state index contributed by atoms with van der Waals surface area (Å²) in [6.07, 6.45) is -0.560. The van der Waals surface area contributed by atoms with E-state index in [0.717, 1.165) is 0 Å². The third-order valence-corrected chi connectivity index (χ3v) is 5.85. The predicted molar refractivity (Wildman–Crippen MR) is 101 cm³/mol. The number of ketones is 1. The quantitative estimate of drug-likeness (QED) is 0.764. The van der Waals surface area contributed by atoms with Crippen LogP contribution in [0, 0.1) is 0 Å². The maximum atomic E-state index is 12.4. The fraction of sp³-hybridized carbons (Fsp3) is 0.263. The van der Waals surface area contributed by atoms with Crippen molar-refractivity contribution in [3.63, 3.8) is 0 Å². The molecule has 1 atom stereocenters. The Kier molecular flexibility index (Phi) is 5.29. The highest BCUT2D eigenvalue weighted by molar-refractivity contribution is 7.89. The third kappa shape index (κ3) is 4.01. The van der Waals surface area contributed by atoms with Gasteiger partial charge in [0.25, 0.3) is 5.91 Å². The van der Waals surface area contributed by atoms with Crippen molar-refractivity contribution in [1.29, 1.82) is 0 Å². The number of Topliss-reactive ketones (excluding diaryl/α,β-unsaturated/α-hetero) is 1. The molecule has 0 radical (unpaired) electrons. The van der Waals surface area contributed by atoms with E-state index in [1.807, 2.05) is 12.1 Å². The van der Waals surface area contributed by atoms with Crippen molar-refractivity contribution in [2.75, 3.05) is 18.5 Å². The highest BCUT2D eigenvalue weighted by Gasteiger charge is 2.31. The second-order valence-electron chi connectivity index (χ2n) is 6.24. The minimum absolute atomic E-state index is 0.0448. The lowest BCUT2D eigenvalue weighted by Crippen LogP contribution is -2.45. The van der Waals surface area contributed by atoms with E-state index in [9.17, 15) is 18.0 Å². The SMILES string of the molecule is CC(=O)c1ccc(S(=O)(=O)NCCC2Oc3ccccc3N(C)C2=O)cc1. The monoisotopic (exact) mass is 388 g/mol. The summed E-state index contributed by atoms with van der Waals surface area (Å²) in [5, 5.41) is 0. The number of fused-ring (bicyclic) bond motifs is 1. The lowest BCUT2D eigenvalue weighted by Gasteiger charge is -2.31. The zero-order valence-electron chi connectivity index (χ0n) is 15.0. The van der Waals surface area contributed by atoms with Crippen LogP contribution >= 0.6 is 0 Å². The molecule has 3 rings (SSSR count). The number of sulfonamides is 1. The summed E-state index contributed by atoms with van der Waals surface area (Å²) in [7, 11) is -2.07. The van der Waals surface area contributed by atoms with Crippen molar-refractivity contribution in [3.05, 3.63) is 54.1 Å². The van der Waals surface area contributed by atoms with Crippen molar-refractivity contribution >= 4 is 27.4 Å². The number of likely N-dealkylation sites (N-methyl/N-ethyl adjacent to an activating group) is 1. The molecule has 0 aromatic heterocycles. The lowest BCUT2D eigenvalue weighted by atomic mass is 10.1. The first-order valence-electron chi connectivity index (χ1n) is 8.43. The van der Waals surface area contributed by atoms with Gasteiger partial charge in [-0.1, -0.05) is 24.3 Å². The number of hydrogen-bond acceptors (Lipinski definition) is 5. The number of anilines is 1. The molecule has 0 aliphatic carbocycles. The Morgan fingerprint density at radius 3 is 2.48 bits per heavy atom. The van der Waals surface area contributed by atoms with Crippen LogP contribution in [0.2, 0.25) is 0 Å². The van der Waals surface area contributed by atoms with Gasteiger partial charge in [-0.15, -0.1) is 0 Å². The molecule has 0 fully saturated rings. The van der Waals surface area contributed by atoms with E-state index in [2.05, 4.69) is 4.72 Å². The first-order valence-corrected chi connectivity index (χ1v) is 9.92. The third-order valence-electron chi connectivity index (χ3n) is 4.37. The van der Waals surface area contributed by atoms with Crippen molar-refractivity contribution in [3.8, 4) is 5.75 Å². The summed E-state index contributed by atoms with van der Waals surface area (Å²) < 4.78 is 32.9. The summed E-state index contributed by atoms with van der Waals surface area (Å²) >= 11 is 0. The van der Waals surface area contributed by atoms with E-state index in [1.165, 1.54) is 36.1 Å². The van der Waals surface area contributed by atoms with Gasteiger partial charge in [0.2, 0.25) is 10.0 Å². The van der Waals surface area contributed by atoms with E-state index in [0.29, 0.717) is 17.0 Å². The average Bonchev–Trinajstić information content (AvgIpc) is 2.65. The van der Waals surface area contributed by atoms with Gasteiger partial charge in [-0.3, -0.25) is 9.59 Å². The molecule has 1 aliphatic heterocycles. The molecule has 0 bridgehead atoms. The Bertz CT molecular complexity index is 970. The molecular weight excluding hydrogens is 368 g/mol. The summed E-state index contributed by atoms with van der Waals surface area (Å²) in [4.78, 5) is 25.3. The van der Waals surface area contributed by atoms with Crippen LogP contribution in [-0.4, -0.2) is 39.8 Å². The van der Waals surface area contributed by atoms with Gasteiger partial charge in [-0.2, -0.15) is 0 Å². The van der Waals surface area contributed by atoms with Crippen molar-refractivity contribution < 1.29 is 22.7 Å². The van der Waals surface area contributed by atoms with Gasteiger partial charge in [0.1, 0.15) is 5.75 Å². The summed E-state index contributed by atoms with van der Waals surface area (Å²) in [5.74, 6) is 0.232. The topological polar surface area (TPSA) is 92.8 Å². The van der Waals surface area contributed by atoms with Gasteiger partial charge in [0, 0.05) is 25.6 Å². The number of rotatable bonds is 6. The lowest BCUT2D eigenvalue weighted by molar-refractivity contribution is -0.126. The molecule has 1 amide bonds. The molecule has 0 saturated heterocycles. The summed E-state index contributed by atoms with van der Waals surface area (Å²) in [6, 6.07) is 12.9. The molecule has 7 nitrogen and oxygen atoms in total.